The van der Waals surface area contributed by atoms with E-state index in [0.717, 1.165) is 57.1 Å². The average Bonchev–Trinajstić information content (AvgIpc) is 2.51. The maximum Gasteiger partial charge on any atom is 0.221 e. The molecule has 21 heavy (non-hydrogen) atoms. The molecule has 0 amide bonds. The summed E-state index contributed by atoms with van der Waals surface area (Å²) < 4.78 is 5.55. The Hall–Kier alpha value is -1.40. The monoisotopic (exact) mass is 293 g/mol. The third-order valence-electron chi connectivity index (χ3n) is 3.89. The minimum Gasteiger partial charge on any atom is -0.478 e. The molecule has 1 aromatic heterocycles. The Kier molecular flexibility index (Phi) is 6.20. The molecule has 0 aromatic carbocycles. The van der Waals surface area contributed by atoms with Gasteiger partial charge in [-0.3, -0.25) is 4.90 Å². The van der Waals surface area contributed by atoms with Crippen molar-refractivity contribution in [2.45, 2.75) is 26.7 Å². The van der Waals surface area contributed by atoms with Crippen LogP contribution >= 0.6 is 0 Å². The van der Waals surface area contributed by atoms with Crippen molar-refractivity contribution in [1.82, 2.24) is 14.9 Å². The molecule has 1 saturated heterocycles. The van der Waals surface area contributed by atoms with E-state index in [1.165, 1.54) is 6.42 Å². The minimum absolute atomic E-state index is 0.631. The number of hydrogen-bond acceptors (Lipinski definition) is 6. The zero-order valence-electron chi connectivity index (χ0n) is 13.2. The van der Waals surface area contributed by atoms with E-state index in [2.05, 4.69) is 19.8 Å². The van der Waals surface area contributed by atoms with Crippen molar-refractivity contribution in [2.24, 2.45) is 5.73 Å². The van der Waals surface area contributed by atoms with Crippen LogP contribution in [-0.4, -0.2) is 60.7 Å². The van der Waals surface area contributed by atoms with Crippen LogP contribution in [0, 0.1) is 6.92 Å². The van der Waals surface area contributed by atoms with Crippen LogP contribution in [0.4, 0.5) is 5.82 Å². The Labute approximate surface area is 127 Å². The van der Waals surface area contributed by atoms with Crippen LogP contribution in [0.3, 0.4) is 0 Å². The normalized spacial score (nSPS) is 16.2. The van der Waals surface area contributed by atoms with Crippen LogP contribution in [0.5, 0.6) is 5.88 Å². The first-order valence-electron chi connectivity index (χ1n) is 7.88. The molecule has 2 rings (SSSR count). The summed E-state index contributed by atoms with van der Waals surface area (Å²) in [4.78, 5) is 13.5. The lowest BCUT2D eigenvalue weighted by molar-refractivity contribution is 0.252. The summed E-state index contributed by atoms with van der Waals surface area (Å²) >= 11 is 0. The van der Waals surface area contributed by atoms with Gasteiger partial charge in [-0.05, 0) is 39.8 Å². The summed E-state index contributed by atoms with van der Waals surface area (Å²) in [5.41, 5.74) is 6.58. The predicted molar refractivity (Wildman–Crippen MR) is 84.9 cm³/mol. The molecule has 0 saturated carbocycles. The van der Waals surface area contributed by atoms with Crippen LogP contribution in [0.15, 0.2) is 6.33 Å². The number of nitrogens with two attached hydrogens (primary N) is 1. The van der Waals surface area contributed by atoms with Gasteiger partial charge in [0.15, 0.2) is 0 Å². The summed E-state index contributed by atoms with van der Waals surface area (Å²) in [5, 5.41) is 0. The molecule has 0 radical (unpaired) electrons. The molecule has 2 heterocycles. The molecule has 6 nitrogen and oxygen atoms in total. The van der Waals surface area contributed by atoms with Crippen molar-refractivity contribution in [2.75, 3.05) is 50.8 Å². The minimum atomic E-state index is 0.631. The average molecular weight is 293 g/mol. The fraction of sp³-hybridized carbons (Fsp3) is 0.733. The number of aromatic nitrogens is 2. The number of anilines is 1. The molecule has 0 atom stereocenters. The topological polar surface area (TPSA) is 67.5 Å². The van der Waals surface area contributed by atoms with Gasteiger partial charge in [-0.15, -0.1) is 0 Å². The summed E-state index contributed by atoms with van der Waals surface area (Å²) in [6.45, 7) is 10.8. The van der Waals surface area contributed by atoms with E-state index >= 15 is 0 Å². The largest absolute Gasteiger partial charge is 0.478 e. The quantitative estimate of drug-likeness (QED) is 0.758. The second kappa shape index (κ2) is 8.14. The van der Waals surface area contributed by atoms with Gasteiger partial charge in [0, 0.05) is 26.2 Å². The van der Waals surface area contributed by atoms with Crippen molar-refractivity contribution >= 4 is 5.82 Å². The number of hydrogen-bond donors (Lipinski definition) is 1. The summed E-state index contributed by atoms with van der Waals surface area (Å²) in [7, 11) is 0. The Balaban J connectivity index is 1.91. The fourth-order valence-corrected chi connectivity index (χ4v) is 2.69. The number of piperazine rings is 1. The summed E-state index contributed by atoms with van der Waals surface area (Å²) in [6, 6.07) is 0. The smallest absolute Gasteiger partial charge is 0.221 e. The molecule has 1 fully saturated rings. The van der Waals surface area contributed by atoms with Gasteiger partial charge in [0.25, 0.3) is 0 Å². The van der Waals surface area contributed by atoms with Crippen LogP contribution in [-0.2, 0) is 0 Å². The summed E-state index contributed by atoms with van der Waals surface area (Å²) in [6.07, 6.45) is 3.90. The molecule has 1 aromatic rings. The second-order valence-corrected chi connectivity index (χ2v) is 5.38. The SMILES string of the molecule is CCOc1ncnc(N2CCN(CCCCN)CC2)c1C. The zero-order valence-corrected chi connectivity index (χ0v) is 13.2. The molecule has 0 spiro atoms. The predicted octanol–water partition coefficient (Wildman–Crippen LogP) is 1.04. The van der Waals surface area contributed by atoms with Gasteiger partial charge in [-0.25, -0.2) is 9.97 Å². The second-order valence-electron chi connectivity index (χ2n) is 5.38. The van der Waals surface area contributed by atoms with E-state index in [1.807, 2.05) is 13.8 Å². The molecule has 0 unspecified atom stereocenters. The van der Waals surface area contributed by atoms with Gasteiger partial charge in [0.1, 0.15) is 12.1 Å². The van der Waals surface area contributed by atoms with Gasteiger partial charge in [0.2, 0.25) is 5.88 Å². The van der Waals surface area contributed by atoms with Gasteiger partial charge >= 0.3 is 0 Å². The highest BCUT2D eigenvalue weighted by molar-refractivity contribution is 5.50. The van der Waals surface area contributed by atoms with Crippen molar-refractivity contribution in [1.29, 1.82) is 0 Å². The molecule has 1 aliphatic heterocycles. The number of nitrogens with zero attached hydrogens (tertiary/aromatic N) is 4. The van der Waals surface area contributed by atoms with Gasteiger partial charge < -0.3 is 15.4 Å². The van der Waals surface area contributed by atoms with Crippen LogP contribution in [0.25, 0.3) is 0 Å². The number of ether oxygens (including phenoxy) is 1. The van der Waals surface area contributed by atoms with E-state index in [-0.39, 0.29) is 0 Å². The molecular weight excluding hydrogens is 266 g/mol. The van der Waals surface area contributed by atoms with Gasteiger partial charge in [0.05, 0.1) is 12.2 Å². The molecule has 1 aliphatic rings. The molecule has 6 heteroatoms. The van der Waals surface area contributed by atoms with Crippen molar-refractivity contribution < 1.29 is 4.74 Å². The third kappa shape index (κ3) is 4.28. The fourth-order valence-electron chi connectivity index (χ4n) is 2.69. The van der Waals surface area contributed by atoms with Crippen LogP contribution in [0.1, 0.15) is 25.3 Å². The maximum atomic E-state index is 5.55. The van der Waals surface area contributed by atoms with E-state index in [1.54, 1.807) is 6.33 Å². The van der Waals surface area contributed by atoms with Crippen molar-refractivity contribution in [3.63, 3.8) is 0 Å². The molecule has 2 N–H and O–H groups in total. The van der Waals surface area contributed by atoms with Crippen LogP contribution in [0.2, 0.25) is 0 Å². The first kappa shape index (κ1) is 16.0. The lowest BCUT2D eigenvalue weighted by Gasteiger charge is -2.36. The highest BCUT2D eigenvalue weighted by Gasteiger charge is 2.20. The lowest BCUT2D eigenvalue weighted by atomic mass is 10.2. The third-order valence-corrected chi connectivity index (χ3v) is 3.89. The molecule has 0 aliphatic carbocycles. The molecule has 0 bridgehead atoms. The Morgan fingerprint density at radius 1 is 1.19 bits per heavy atom. The Morgan fingerprint density at radius 3 is 2.62 bits per heavy atom. The van der Waals surface area contributed by atoms with Crippen molar-refractivity contribution in [3.05, 3.63) is 11.9 Å². The van der Waals surface area contributed by atoms with E-state index in [0.29, 0.717) is 12.5 Å². The van der Waals surface area contributed by atoms with E-state index in [9.17, 15) is 0 Å². The Bertz CT molecular complexity index is 432. The number of rotatable bonds is 7. The zero-order chi connectivity index (χ0) is 15.1. The molecular formula is C15H27N5O. The molecule has 118 valence electrons. The Morgan fingerprint density at radius 2 is 1.95 bits per heavy atom. The summed E-state index contributed by atoms with van der Waals surface area (Å²) in [5.74, 6) is 1.71. The highest BCUT2D eigenvalue weighted by Crippen LogP contribution is 2.24. The lowest BCUT2D eigenvalue weighted by Crippen LogP contribution is -2.47. The first-order valence-corrected chi connectivity index (χ1v) is 7.88. The van der Waals surface area contributed by atoms with Crippen molar-refractivity contribution in [3.8, 4) is 5.88 Å². The standard InChI is InChI=1S/C15H27N5O/c1-3-21-15-13(2)14(17-12-18-15)20-10-8-19(9-11-20)7-5-4-6-16/h12H,3-11,16H2,1-2H3. The number of unbranched alkanes of at least 4 members (excludes halogenated alkanes) is 1. The van der Waals surface area contributed by atoms with E-state index < -0.39 is 0 Å². The van der Waals surface area contributed by atoms with Gasteiger partial charge in [-0.1, -0.05) is 0 Å². The van der Waals surface area contributed by atoms with E-state index in [4.69, 9.17) is 10.5 Å². The van der Waals surface area contributed by atoms with Crippen LogP contribution < -0.4 is 15.4 Å². The first-order chi connectivity index (χ1) is 10.3. The maximum absolute atomic E-state index is 5.55. The highest BCUT2D eigenvalue weighted by atomic mass is 16.5. The van der Waals surface area contributed by atoms with Gasteiger partial charge in [-0.2, -0.15) is 0 Å².